The van der Waals surface area contributed by atoms with Crippen molar-refractivity contribution in [1.82, 2.24) is 14.7 Å². The zero-order valence-corrected chi connectivity index (χ0v) is 9.92. The summed E-state index contributed by atoms with van der Waals surface area (Å²) in [6, 6.07) is 0. The Morgan fingerprint density at radius 3 is 3.00 bits per heavy atom. The molecule has 1 fully saturated rings. The van der Waals surface area contributed by atoms with E-state index in [4.69, 9.17) is 0 Å². The van der Waals surface area contributed by atoms with Crippen molar-refractivity contribution in [2.45, 2.75) is 13.0 Å². The molecule has 1 amide bonds. The molecule has 1 aliphatic heterocycles. The minimum atomic E-state index is -0.329. The van der Waals surface area contributed by atoms with Crippen molar-refractivity contribution in [3.05, 3.63) is 18.0 Å². The number of aryl methyl sites for hydroxylation is 1. The van der Waals surface area contributed by atoms with E-state index in [2.05, 4.69) is 9.84 Å². The minimum absolute atomic E-state index is 0.00995. The molecule has 0 bridgehead atoms. The second-order valence-corrected chi connectivity index (χ2v) is 4.22. The van der Waals surface area contributed by atoms with Crippen LogP contribution in [0.2, 0.25) is 0 Å². The van der Waals surface area contributed by atoms with E-state index in [1.807, 2.05) is 13.2 Å². The SMILES string of the molecule is COC(=O)C1CC(=O)N(Cc2cnn(C)c2)C1. The van der Waals surface area contributed by atoms with E-state index < -0.39 is 0 Å². The Hall–Kier alpha value is -1.85. The number of ether oxygens (including phenoxy) is 1. The summed E-state index contributed by atoms with van der Waals surface area (Å²) < 4.78 is 6.34. The summed E-state index contributed by atoms with van der Waals surface area (Å²) >= 11 is 0. The van der Waals surface area contributed by atoms with Crippen molar-refractivity contribution in [2.75, 3.05) is 13.7 Å². The fraction of sp³-hybridized carbons (Fsp3) is 0.545. The zero-order valence-electron chi connectivity index (χ0n) is 9.92. The maximum atomic E-state index is 11.7. The summed E-state index contributed by atoms with van der Waals surface area (Å²) in [5.74, 6) is -0.652. The van der Waals surface area contributed by atoms with Gasteiger partial charge in [0.15, 0.2) is 0 Å². The predicted molar refractivity (Wildman–Crippen MR) is 58.7 cm³/mol. The van der Waals surface area contributed by atoms with Gasteiger partial charge in [0.25, 0.3) is 0 Å². The van der Waals surface area contributed by atoms with Crippen LogP contribution in [0.25, 0.3) is 0 Å². The topological polar surface area (TPSA) is 64.4 Å². The standard InChI is InChI=1S/C11H15N3O3/c1-13-5-8(4-12-13)6-14-7-9(3-10(14)15)11(16)17-2/h4-5,9H,3,6-7H2,1-2H3. The van der Waals surface area contributed by atoms with Crippen LogP contribution >= 0.6 is 0 Å². The fourth-order valence-electron chi connectivity index (χ4n) is 2.02. The third kappa shape index (κ3) is 2.46. The van der Waals surface area contributed by atoms with Gasteiger partial charge in [0.2, 0.25) is 5.91 Å². The fourth-order valence-corrected chi connectivity index (χ4v) is 2.02. The monoisotopic (exact) mass is 237 g/mol. The number of hydrogen-bond donors (Lipinski definition) is 0. The van der Waals surface area contributed by atoms with Gasteiger partial charge in [-0.1, -0.05) is 0 Å². The molecule has 1 atom stereocenters. The Morgan fingerprint density at radius 2 is 2.41 bits per heavy atom. The quantitative estimate of drug-likeness (QED) is 0.691. The first kappa shape index (κ1) is 11.6. The third-order valence-corrected chi connectivity index (χ3v) is 2.88. The van der Waals surface area contributed by atoms with Crippen molar-refractivity contribution < 1.29 is 14.3 Å². The van der Waals surface area contributed by atoms with Crippen molar-refractivity contribution in [3.63, 3.8) is 0 Å². The van der Waals surface area contributed by atoms with Gasteiger partial charge in [0.1, 0.15) is 0 Å². The molecular weight excluding hydrogens is 222 g/mol. The van der Waals surface area contributed by atoms with Gasteiger partial charge in [-0.2, -0.15) is 5.10 Å². The van der Waals surface area contributed by atoms with Crippen LogP contribution in [0.15, 0.2) is 12.4 Å². The van der Waals surface area contributed by atoms with Gasteiger partial charge in [0, 0.05) is 38.3 Å². The molecular formula is C11H15N3O3. The number of carbonyl (C=O) groups is 2. The Labute approximate surface area is 99.1 Å². The molecule has 1 saturated heterocycles. The van der Waals surface area contributed by atoms with Gasteiger partial charge in [0.05, 0.1) is 19.2 Å². The zero-order chi connectivity index (χ0) is 12.4. The lowest BCUT2D eigenvalue weighted by molar-refractivity contribution is -0.145. The molecule has 0 aliphatic carbocycles. The largest absolute Gasteiger partial charge is 0.469 e. The number of methoxy groups -OCH3 is 1. The molecule has 6 heteroatoms. The highest BCUT2D eigenvalue weighted by molar-refractivity contribution is 5.86. The molecule has 0 aromatic carbocycles. The molecule has 0 radical (unpaired) electrons. The van der Waals surface area contributed by atoms with E-state index in [-0.39, 0.29) is 24.2 Å². The number of esters is 1. The van der Waals surface area contributed by atoms with Gasteiger partial charge in [-0.25, -0.2) is 0 Å². The van der Waals surface area contributed by atoms with Gasteiger partial charge < -0.3 is 9.64 Å². The van der Waals surface area contributed by atoms with E-state index >= 15 is 0 Å². The lowest BCUT2D eigenvalue weighted by atomic mass is 10.1. The molecule has 0 N–H and O–H groups in total. The molecule has 17 heavy (non-hydrogen) atoms. The molecule has 0 saturated carbocycles. The summed E-state index contributed by atoms with van der Waals surface area (Å²) in [5, 5.41) is 4.04. The molecule has 1 aromatic rings. The normalized spacial score (nSPS) is 19.8. The van der Waals surface area contributed by atoms with E-state index in [0.717, 1.165) is 5.56 Å². The Kier molecular flexibility index (Phi) is 3.12. The maximum Gasteiger partial charge on any atom is 0.310 e. The second kappa shape index (κ2) is 4.57. The molecule has 6 nitrogen and oxygen atoms in total. The summed E-state index contributed by atoms with van der Waals surface area (Å²) in [5.41, 5.74) is 0.964. The van der Waals surface area contributed by atoms with Crippen LogP contribution in [0.3, 0.4) is 0 Å². The Morgan fingerprint density at radius 1 is 1.65 bits per heavy atom. The highest BCUT2D eigenvalue weighted by Gasteiger charge is 2.34. The Bertz CT molecular complexity index is 441. The maximum absolute atomic E-state index is 11.7. The van der Waals surface area contributed by atoms with Crippen molar-refractivity contribution in [3.8, 4) is 0 Å². The lowest BCUT2D eigenvalue weighted by Crippen LogP contribution is -2.25. The molecule has 0 spiro atoms. The first-order valence-corrected chi connectivity index (χ1v) is 5.43. The number of rotatable bonds is 3. The van der Waals surface area contributed by atoms with Crippen LogP contribution in [-0.2, 0) is 27.9 Å². The van der Waals surface area contributed by atoms with Crippen LogP contribution in [-0.4, -0.2) is 40.2 Å². The van der Waals surface area contributed by atoms with E-state index in [0.29, 0.717) is 13.1 Å². The summed E-state index contributed by atoms with van der Waals surface area (Å²) in [7, 11) is 3.17. The van der Waals surface area contributed by atoms with Gasteiger partial charge >= 0.3 is 5.97 Å². The minimum Gasteiger partial charge on any atom is -0.469 e. The summed E-state index contributed by atoms with van der Waals surface area (Å²) in [4.78, 5) is 24.7. The first-order valence-electron chi connectivity index (χ1n) is 5.43. The average Bonchev–Trinajstić information content (AvgIpc) is 2.86. The number of amides is 1. The lowest BCUT2D eigenvalue weighted by Gasteiger charge is -2.14. The summed E-state index contributed by atoms with van der Waals surface area (Å²) in [6.07, 6.45) is 3.82. The molecule has 1 unspecified atom stereocenters. The van der Waals surface area contributed by atoms with Crippen LogP contribution in [0.1, 0.15) is 12.0 Å². The number of aromatic nitrogens is 2. The first-order chi connectivity index (χ1) is 8.10. The van der Waals surface area contributed by atoms with Gasteiger partial charge in [-0.3, -0.25) is 14.3 Å². The molecule has 92 valence electrons. The number of likely N-dealkylation sites (tertiary alicyclic amines) is 1. The predicted octanol–water partition coefficient (Wildman–Crippen LogP) is -0.0584. The van der Waals surface area contributed by atoms with Crippen molar-refractivity contribution in [1.29, 1.82) is 0 Å². The molecule has 1 aliphatic rings. The number of hydrogen-bond acceptors (Lipinski definition) is 4. The number of nitrogens with zero attached hydrogens (tertiary/aromatic N) is 3. The van der Waals surface area contributed by atoms with Crippen LogP contribution in [0.4, 0.5) is 0 Å². The third-order valence-electron chi connectivity index (χ3n) is 2.88. The van der Waals surface area contributed by atoms with E-state index in [9.17, 15) is 9.59 Å². The highest BCUT2D eigenvalue weighted by atomic mass is 16.5. The molecule has 1 aromatic heterocycles. The van der Waals surface area contributed by atoms with Gasteiger partial charge in [-0.15, -0.1) is 0 Å². The highest BCUT2D eigenvalue weighted by Crippen LogP contribution is 2.20. The van der Waals surface area contributed by atoms with Crippen LogP contribution in [0.5, 0.6) is 0 Å². The van der Waals surface area contributed by atoms with E-state index in [1.165, 1.54) is 7.11 Å². The van der Waals surface area contributed by atoms with E-state index in [1.54, 1.807) is 15.8 Å². The smallest absolute Gasteiger partial charge is 0.310 e. The molecule has 2 rings (SSSR count). The van der Waals surface area contributed by atoms with Crippen molar-refractivity contribution >= 4 is 11.9 Å². The van der Waals surface area contributed by atoms with Crippen LogP contribution in [0, 0.1) is 5.92 Å². The average molecular weight is 237 g/mol. The summed E-state index contributed by atoms with van der Waals surface area (Å²) in [6.45, 7) is 0.931. The molecule has 2 heterocycles. The van der Waals surface area contributed by atoms with Gasteiger partial charge in [-0.05, 0) is 0 Å². The Balaban J connectivity index is 1.99. The van der Waals surface area contributed by atoms with Crippen LogP contribution < -0.4 is 0 Å². The second-order valence-electron chi connectivity index (χ2n) is 4.22. The van der Waals surface area contributed by atoms with Crippen molar-refractivity contribution in [2.24, 2.45) is 13.0 Å². The number of carbonyl (C=O) groups excluding carboxylic acids is 2.